The van der Waals surface area contributed by atoms with Crippen LogP contribution in [0.15, 0.2) is 6.07 Å². The highest BCUT2D eigenvalue weighted by molar-refractivity contribution is 5.99. The summed E-state index contributed by atoms with van der Waals surface area (Å²) in [7, 11) is 0. The molecular weight excluding hydrogens is 246 g/mol. The highest BCUT2D eigenvalue weighted by Gasteiger charge is 2.39. The molecule has 1 saturated heterocycles. The van der Waals surface area contributed by atoms with Crippen molar-refractivity contribution in [1.29, 1.82) is 0 Å². The lowest BCUT2D eigenvalue weighted by Gasteiger charge is -2.27. The minimum absolute atomic E-state index is 0.0408. The van der Waals surface area contributed by atoms with Gasteiger partial charge in [0, 0.05) is 23.4 Å². The van der Waals surface area contributed by atoms with Crippen molar-refractivity contribution >= 4 is 5.78 Å². The Bertz CT molecular complexity index is 520. The first-order valence-corrected chi connectivity index (χ1v) is 6.60. The number of aromatic amines is 1. The SMILES string of the molecule is CC1(C)CC(=O)c2cc([C@H]3OC[C@@H](O)[C@H]3O)[nH]c2C1. The summed E-state index contributed by atoms with van der Waals surface area (Å²) >= 11 is 0. The number of nitrogens with one attached hydrogen (secondary N) is 1. The topological polar surface area (TPSA) is 82.6 Å². The van der Waals surface area contributed by atoms with Crippen LogP contribution in [-0.4, -0.2) is 39.8 Å². The van der Waals surface area contributed by atoms with Crippen LogP contribution in [-0.2, 0) is 11.2 Å². The van der Waals surface area contributed by atoms with Crippen molar-refractivity contribution < 1.29 is 19.7 Å². The second-order valence-electron chi connectivity index (χ2n) is 6.37. The van der Waals surface area contributed by atoms with Gasteiger partial charge in [0.15, 0.2) is 5.78 Å². The number of carbonyl (C=O) groups excluding carboxylic acids is 1. The normalized spacial score (nSPS) is 33.5. The van der Waals surface area contributed by atoms with Crippen molar-refractivity contribution in [2.75, 3.05) is 6.61 Å². The molecule has 1 aliphatic heterocycles. The summed E-state index contributed by atoms with van der Waals surface area (Å²) in [6.45, 7) is 4.26. The summed E-state index contributed by atoms with van der Waals surface area (Å²) < 4.78 is 5.39. The number of ketones is 1. The van der Waals surface area contributed by atoms with Gasteiger partial charge in [-0.1, -0.05) is 13.8 Å². The zero-order valence-electron chi connectivity index (χ0n) is 11.1. The molecule has 5 nitrogen and oxygen atoms in total. The van der Waals surface area contributed by atoms with E-state index < -0.39 is 18.3 Å². The molecule has 0 radical (unpaired) electrons. The Morgan fingerprint density at radius 2 is 2.11 bits per heavy atom. The number of carbonyl (C=O) groups is 1. The Balaban J connectivity index is 1.93. The zero-order valence-corrected chi connectivity index (χ0v) is 11.1. The van der Waals surface area contributed by atoms with Crippen molar-refractivity contribution in [3.8, 4) is 0 Å². The number of H-pyrrole nitrogens is 1. The number of hydrogen-bond acceptors (Lipinski definition) is 4. The standard InChI is InChI=1S/C14H19NO4/c1-14(2)4-9-7(10(16)5-14)3-8(15-9)13-12(18)11(17)6-19-13/h3,11-13,15,17-18H,4-6H2,1-2H3/t11-,12-,13-/m1/s1. The van der Waals surface area contributed by atoms with Gasteiger partial charge in [-0.15, -0.1) is 0 Å². The first kappa shape index (κ1) is 12.8. The van der Waals surface area contributed by atoms with Crippen molar-refractivity contribution in [3.05, 3.63) is 23.0 Å². The Morgan fingerprint density at radius 3 is 2.74 bits per heavy atom. The summed E-state index contributed by atoms with van der Waals surface area (Å²) in [5, 5.41) is 19.4. The first-order chi connectivity index (χ1) is 8.87. The largest absolute Gasteiger partial charge is 0.388 e. The lowest BCUT2D eigenvalue weighted by molar-refractivity contribution is 0.0207. The van der Waals surface area contributed by atoms with E-state index in [4.69, 9.17) is 4.74 Å². The van der Waals surface area contributed by atoms with E-state index in [1.54, 1.807) is 6.07 Å². The molecule has 0 saturated carbocycles. The fourth-order valence-electron chi connectivity index (χ4n) is 3.01. The lowest BCUT2D eigenvalue weighted by Crippen LogP contribution is -2.26. The van der Waals surface area contributed by atoms with Gasteiger partial charge in [0.25, 0.3) is 0 Å². The van der Waals surface area contributed by atoms with E-state index in [1.165, 1.54) is 0 Å². The number of Topliss-reactive ketones (excluding diaryl/α,β-unsaturated/α-hetero) is 1. The molecule has 2 heterocycles. The van der Waals surface area contributed by atoms with E-state index in [-0.39, 0.29) is 17.8 Å². The summed E-state index contributed by atoms with van der Waals surface area (Å²) in [5.74, 6) is 0.127. The van der Waals surface area contributed by atoms with Crippen LogP contribution in [0.1, 0.15) is 48.1 Å². The second-order valence-corrected chi connectivity index (χ2v) is 6.37. The Morgan fingerprint density at radius 1 is 1.37 bits per heavy atom. The maximum atomic E-state index is 12.1. The average Bonchev–Trinajstić information content (AvgIpc) is 2.83. The lowest BCUT2D eigenvalue weighted by atomic mass is 9.76. The van der Waals surface area contributed by atoms with Gasteiger partial charge >= 0.3 is 0 Å². The summed E-state index contributed by atoms with van der Waals surface area (Å²) in [4.78, 5) is 15.3. The molecule has 3 rings (SSSR count). The van der Waals surface area contributed by atoms with Crippen LogP contribution in [0, 0.1) is 5.41 Å². The van der Waals surface area contributed by atoms with Gasteiger partial charge < -0.3 is 19.9 Å². The number of aromatic nitrogens is 1. The molecular formula is C14H19NO4. The van der Waals surface area contributed by atoms with Crippen LogP contribution in [0.4, 0.5) is 0 Å². The summed E-state index contributed by atoms with van der Waals surface area (Å²) in [5.41, 5.74) is 2.25. The van der Waals surface area contributed by atoms with Crippen LogP contribution in [0.5, 0.6) is 0 Å². The van der Waals surface area contributed by atoms with E-state index >= 15 is 0 Å². The van der Waals surface area contributed by atoms with E-state index in [9.17, 15) is 15.0 Å². The minimum atomic E-state index is -0.941. The van der Waals surface area contributed by atoms with Crippen molar-refractivity contribution in [1.82, 2.24) is 4.98 Å². The maximum Gasteiger partial charge on any atom is 0.165 e. The number of rotatable bonds is 1. The molecule has 5 heteroatoms. The van der Waals surface area contributed by atoms with Gasteiger partial charge in [0.1, 0.15) is 18.3 Å². The average molecular weight is 265 g/mol. The molecule has 19 heavy (non-hydrogen) atoms. The van der Waals surface area contributed by atoms with Gasteiger partial charge in [-0.25, -0.2) is 0 Å². The van der Waals surface area contributed by atoms with Crippen LogP contribution in [0.2, 0.25) is 0 Å². The van der Waals surface area contributed by atoms with Crippen LogP contribution < -0.4 is 0 Å². The second kappa shape index (κ2) is 4.16. The summed E-state index contributed by atoms with van der Waals surface area (Å²) in [6, 6.07) is 1.76. The van der Waals surface area contributed by atoms with Crippen LogP contribution >= 0.6 is 0 Å². The fraction of sp³-hybridized carbons (Fsp3) is 0.643. The predicted octanol–water partition coefficient (Wildman–Crippen LogP) is 0.963. The Labute approximate surface area is 111 Å². The third-order valence-corrected chi connectivity index (χ3v) is 3.97. The number of aliphatic hydroxyl groups is 2. The first-order valence-electron chi connectivity index (χ1n) is 6.60. The minimum Gasteiger partial charge on any atom is -0.388 e. The molecule has 3 N–H and O–H groups in total. The molecule has 0 bridgehead atoms. The fourth-order valence-corrected chi connectivity index (χ4v) is 3.01. The molecule has 1 aliphatic carbocycles. The molecule has 1 aromatic rings. The van der Waals surface area contributed by atoms with Gasteiger partial charge in [-0.3, -0.25) is 4.79 Å². The van der Waals surface area contributed by atoms with Crippen LogP contribution in [0.3, 0.4) is 0 Å². The van der Waals surface area contributed by atoms with Gasteiger partial charge in [0.05, 0.1) is 6.61 Å². The van der Waals surface area contributed by atoms with E-state index in [0.29, 0.717) is 17.7 Å². The number of fused-ring (bicyclic) bond motifs is 1. The third kappa shape index (κ3) is 2.12. The highest BCUT2D eigenvalue weighted by atomic mass is 16.5. The molecule has 2 aliphatic rings. The quantitative estimate of drug-likeness (QED) is 0.706. The van der Waals surface area contributed by atoms with E-state index in [0.717, 1.165) is 12.1 Å². The smallest absolute Gasteiger partial charge is 0.165 e. The Hall–Kier alpha value is -1.17. The Kier molecular flexibility index (Phi) is 2.81. The van der Waals surface area contributed by atoms with Crippen molar-refractivity contribution in [2.45, 2.75) is 45.0 Å². The van der Waals surface area contributed by atoms with Gasteiger partial charge in [-0.2, -0.15) is 0 Å². The molecule has 0 spiro atoms. The molecule has 104 valence electrons. The highest BCUT2D eigenvalue weighted by Crippen LogP contribution is 2.37. The van der Waals surface area contributed by atoms with E-state index in [2.05, 4.69) is 18.8 Å². The van der Waals surface area contributed by atoms with Gasteiger partial charge in [0.2, 0.25) is 0 Å². The maximum absolute atomic E-state index is 12.1. The van der Waals surface area contributed by atoms with Gasteiger partial charge in [-0.05, 0) is 17.9 Å². The number of aliphatic hydroxyl groups excluding tert-OH is 2. The van der Waals surface area contributed by atoms with Crippen molar-refractivity contribution in [2.24, 2.45) is 5.41 Å². The predicted molar refractivity (Wildman–Crippen MR) is 67.9 cm³/mol. The molecule has 0 aromatic carbocycles. The third-order valence-electron chi connectivity index (χ3n) is 3.97. The molecule has 3 atom stereocenters. The van der Waals surface area contributed by atoms with Crippen molar-refractivity contribution in [3.63, 3.8) is 0 Å². The zero-order chi connectivity index (χ0) is 13.8. The molecule has 0 unspecified atom stereocenters. The van der Waals surface area contributed by atoms with E-state index in [1.807, 2.05) is 0 Å². The summed E-state index contributed by atoms with van der Waals surface area (Å²) in [6.07, 6.45) is -1.04. The number of ether oxygens (including phenoxy) is 1. The molecule has 1 aromatic heterocycles. The number of hydrogen-bond donors (Lipinski definition) is 3. The molecule has 1 fully saturated rings. The monoisotopic (exact) mass is 265 g/mol. The molecule has 0 amide bonds. The van der Waals surface area contributed by atoms with Crippen LogP contribution in [0.25, 0.3) is 0 Å².